The fourth-order valence-electron chi connectivity index (χ4n) is 4.03. The van der Waals surface area contributed by atoms with E-state index >= 15 is 0 Å². The Morgan fingerprint density at radius 3 is 2.42 bits per heavy atom. The summed E-state index contributed by atoms with van der Waals surface area (Å²) in [5.74, 6) is 4.62. The largest absolute Gasteiger partial charge is 0.484 e. The number of carbonyl (C=O) groups excluding carboxylic acids is 2. The van der Waals surface area contributed by atoms with Gasteiger partial charge in [-0.15, -0.1) is 0 Å². The summed E-state index contributed by atoms with van der Waals surface area (Å²) in [6.45, 7) is 4.09. The van der Waals surface area contributed by atoms with Gasteiger partial charge >= 0.3 is 0 Å². The minimum absolute atomic E-state index is 0.00435. The molecule has 5 rings (SSSR count). The van der Waals surface area contributed by atoms with E-state index in [1.54, 1.807) is 30.5 Å². The molecule has 3 heterocycles. The molecular formula is C27H26FN5O3. The van der Waals surface area contributed by atoms with E-state index in [-0.39, 0.29) is 42.4 Å². The molecule has 0 bridgehead atoms. The number of nitrogens with two attached hydrogens (primary N) is 1. The van der Waals surface area contributed by atoms with Crippen LogP contribution in [0.1, 0.15) is 40.3 Å². The summed E-state index contributed by atoms with van der Waals surface area (Å²) in [7, 11) is 0. The molecule has 0 saturated carbocycles. The number of fused-ring (bicyclic) bond motifs is 2. The van der Waals surface area contributed by atoms with Crippen LogP contribution in [-0.4, -0.2) is 32.8 Å². The summed E-state index contributed by atoms with van der Waals surface area (Å²) in [4.78, 5) is 32.7. The van der Waals surface area contributed by atoms with Gasteiger partial charge in [-0.25, -0.2) is 4.39 Å². The van der Waals surface area contributed by atoms with Crippen LogP contribution >= 0.6 is 0 Å². The number of hydrogen-bond donors (Lipinski definition) is 1. The van der Waals surface area contributed by atoms with Crippen LogP contribution in [0, 0.1) is 5.82 Å². The predicted molar refractivity (Wildman–Crippen MR) is 133 cm³/mol. The zero-order chi connectivity index (χ0) is 25.7. The van der Waals surface area contributed by atoms with Crippen molar-refractivity contribution in [1.29, 1.82) is 0 Å². The molecule has 0 aliphatic carbocycles. The van der Waals surface area contributed by atoms with Crippen LogP contribution in [0.4, 0.5) is 4.39 Å². The molecule has 9 heteroatoms. The molecule has 2 aromatic carbocycles. The highest BCUT2D eigenvalue weighted by atomic mass is 19.1. The Labute approximate surface area is 207 Å². The number of halogens is 1. The summed E-state index contributed by atoms with van der Waals surface area (Å²) in [5, 5.41) is 4.30. The Hall–Kier alpha value is -4.53. The minimum Gasteiger partial charge on any atom is -0.484 e. The molecule has 8 nitrogen and oxygen atoms in total. The molecular weight excluding hydrogens is 461 g/mol. The average Bonchev–Trinajstić information content (AvgIpc) is 2.92. The summed E-state index contributed by atoms with van der Waals surface area (Å²) < 4.78 is 20.7. The number of ether oxygens (including phenoxy) is 1. The van der Waals surface area contributed by atoms with Gasteiger partial charge in [0.25, 0.3) is 11.8 Å². The van der Waals surface area contributed by atoms with Crippen LogP contribution in [0.15, 0.2) is 78.0 Å². The maximum atomic E-state index is 13.7. The topological polar surface area (TPSA) is 103 Å². The number of nitrogens with zero attached hydrogens (tertiary/aromatic N) is 4. The first kappa shape index (κ1) is 24.6. The number of hydrogen-bond acceptors (Lipinski definition) is 6. The maximum Gasteiger partial charge on any atom is 0.275 e. The molecule has 184 valence electrons. The van der Waals surface area contributed by atoms with E-state index in [0.29, 0.717) is 16.5 Å². The molecule has 1 aliphatic rings. The second kappa shape index (κ2) is 10.8. The Kier molecular flexibility index (Phi) is 7.39. The van der Waals surface area contributed by atoms with Gasteiger partial charge in [0.2, 0.25) is 0 Å². The Morgan fingerprint density at radius 1 is 1.00 bits per heavy atom. The van der Waals surface area contributed by atoms with Gasteiger partial charge in [-0.2, -0.15) is 5.10 Å². The average molecular weight is 488 g/mol. The molecule has 4 aromatic rings. The standard InChI is InChI=1S/C25H20FN5O3.C2H6/c26-18-10-8-16(9-11-18)13-30-14-20(32)31-22(25(30)33)23(34-15-17-5-2-1-3-6-17)21-19(24(31)29-27)7-4-12-28-21;1-2/h1-12H,13-15,27H2;1-2H3/b29-24-;. The molecule has 0 saturated heterocycles. The summed E-state index contributed by atoms with van der Waals surface area (Å²) in [5.41, 5.74) is 2.08. The molecule has 0 spiro atoms. The number of carbonyl (C=O) groups is 2. The Balaban J connectivity index is 0.00000148. The summed E-state index contributed by atoms with van der Waals surface area (Å²) in [6.07, 6.45) is 1.57. The highest BCUT2D eigenvalue weighted by Gasteiger charge is 2.35. The first-order valence-corrected chi connectivity index (χ1v) is 11.6. The maximum absolute atomic E-state index is 13.7. The molecule has 1 amide bonds. The highest BCUT2D eigenvalue weighted by molar-refractivity contribution is 6.08. The van der Waals surface area contributed by atoms with E-state index in [4.69, 9.17) is 10.6 Å². The third-order valence-corrected chi connectivity index (χ3v) is 5.61. The highest BCUT2D eigenvalue weighted by Crippen LogP contribution is 2.30. The lowest BCUT2D eigenvalue weighted by atomic mass is 10.1. The lowest BCUT2D eigenvalue weighted by molar-refractivity contribution is 0.0596. The molecule has 2 N–H and O–H groups in total. The quantitative estimate of drug-likeness (QED) is 0.340. The smallest absolute Gasteiger partial charge is 0.275 e. The van der Waals surface area contributed by atoms with Crippen molar-refractivity contribution in [1.82, 2.24) is 14.5 Å². The second-order valence-electron chi connectivity index (χ2n) is 7.82. The molecule has 0 atom stereocenters. The molecule has 36 heavy (non-hydrogen) atoms. The molecule has 2 aromatic heterocycles. The second-order valence-corrected chi connectivity index (χ2v) is 7.82. The van der Waals surface area contributed by atoms with Crippen molar-refractivity contribution in [2.45, 2.75) is 27.0 Å². The normalized spacial score (nSPS) is 13.3. The zero-order valence-corrected chi connectivity index (χ0v) is 20.0. The van der Waals surface area contributed by atoms with E-state index in [0.717, 1.165) is 5.56 Å². The number of pyridine rings is 2. The summed E-state index contributed by atoms with van der Waals surface area (Å²) >= 11 is 0. The van der Waals surface area contributed by atoms with Crippen molar-refractivity contribution in [3.05, 3.63) is 101 Å². The molecule has 1 aliphatic heterocycles. The fraction of sp³-hybridized carbons (Fsp3) is 0.185. The summed E-state index contributed by atoms with van der Waals surface area (Å²) in [6, 6.07) is 18.6. The molecule has 0 radical (unpaired) electrons. The van der Waals surface area contributed by atoms with Crippen molar-refractivity contribution >= 4 is 22.7 Å². The van der Waals surface area contributed by atoms with Crippen LogP contribution in [0.25, 0.3) is 10.9 Å². The lowest BCUT2D eigenvalue weighted by Gasteiger charge is -2.30. The van der Waals surface area contributed by atoms with Gasteiger partial charge in [-0.1, -0.05) is 56.3 Å². The first-order chi connectivity index (χ1) is 17.6. The molecule has 0 fully saturated rings. The SMILES string of the molecule is CC.N/N=c1/c2cccnc2c(OCc2ccccc2)c2n1C(=O)CN(Cc1ccc(F)cc1)C2=O. The van der Waals surface area contributed by atoms with E-state index in [9.17, 15) is 14.0 Å². The van der Waals surface area contributed by atoms with Crippen LogP contribution in [0.2, 0.25) is 0 Å². The van der Waals surface area contributed by atoms with Crippen molar-refractivity contribution in [3.8, 4) is 5.75 Å². The first-order valence-electron chi connectivity index (χ1n) is 11.6. The van der Waals surface area contributed by atoms with Crippen LogP contribution < -0.4 is 16.1 Å². The van der Waals surface area contributed by atoms with Gasteiger partial charge in [-0.05, 0) is 35.4 Å². The van der Waals surface area contributed by atoms with Crippen molar-refractivity contribution in [3.63, 3.8) is 0 Å². The number of benzene rings is 2. The predicted octanol–water partition coefficient (Wildman–Crippen LogP) is 3.85. The lowest BCUT2D eigenvalue weighted by Crippen LogP contribution is -2.49. The van der Waals surface area contributed by atoms with E-state index in [1.165, 1.54) is 21.6 Å². The minimum atomic E-state index is -0.440. The van der Waals surface area contributed by atoms with Gasteiger partial charge in [-0.3, -0.25) is 19.1 Å². The molecule has 0 unspecified atom stereocenters. The van der Waals surface area contributed by atoms with Crippen LogP contribution in [-0.2, 0) is 13.2 Å². The zero-order valence-electron chi connectivity index (χ0n) is 20.0. The van der Waals surface area contributed by atoms with Gasteiger partial charge < -0.3 is 15.5 Å². The number of aromatic nitrogens is 2. The van der Waals surface area contributed by atoms with Crippen LogP contribution in [0.5, 0.6) is 5.75 Å². The Bertz CT molecular complexity index is 1470. The fourth-order valence-corrected chi connectivity index (χ4v) is 4.03. The van der Waals surface area contributed by atoms with E-state index < -0.39 is 11.8 Å². The monoisotopic (exact) mass is 487 g/mol. The van der Waals surface area contributed by atoms with Gasteiger partial charge in [0.05, 0.1) is 0 Å². The Morgan fingerprint density at radius 2 is 1.72 bits per heavy atom. The van der Waals surface area contributed by atoms with Gasteiger partial charge in [0, 0.05) is 18.1 Å². The van der Waals surface area contributed by atoms with Crippen LogP contribution in [0.3, 0.4) is 0 Å². The van der Waals surface area contributed by atoms with E-state index in [2.05, 4.69) is 10.1 Å². The van der Waals surface area contributed by atoms with Crippen molar-refractivity contribution in [2.24, 2.45) is 10.9 Å². The van der Waals surface area contributed by atoms with Gasteiger partial charge in [0.1, 0.15) is 24.5 Å². The van der Waals surface area contributed by atoms with E-state index in [1.807, 2.05) is 44.2 Å². The van der Waals surface area contributed by atoms with Crippen molar-refractivity contribution < 1.29 is 18.7 Å². The number of rotatable bonds is 5. The number of amides is 1. The van der Waals surface area contributed by atoms with Gasteiger partial charge in [0.15, 0.2) is 16.9 Å². The van der Waals surface area contributed by atoms with Crippen molar-refractivity contribution in [2.75, 3.05) is 6.54 Å². The third-order valence-electron chi connectivity index (χ3n) is 5.61. The third kappa shape index (κ3) is 4.68.